The quantitative estimate of drug-likeness (QED) is 0.446. The standard InChI is InChI=1S/C29H33ClF2N6O2/c1-7-22(40)37-12-17(3)38(13-16(37)2)27-18-11-19(30)23(24-20(31)9-8-10-21(24)39)25(32)26(18)33-28(34-27)36-14-29(4,15-36)35(5)6/h7-11,16-17,39H,1,12-15H2,2-6H3/t16-,17+/m1/s1. The molecule has 2 saturated heterocycles. The number of aromatic hydroxyl groups is 1. The number of nitrogens with zero attached hydrogens (tertiary/aromatic N) is 6. The van der Waals surface area contributed by atoms with Crippen LogP contribution in [0.15, 0.2) is 36.9 Å². The summed E-state index contributed by atoms with van der Waals surface area (Å²) in [6.45, 7) is 11.8. The van der Waals surface area contributed by atoms with E-state index < -0.39 is 17.4 Å². The fourth-order valence-electron chi connectivity index (χ4n) is 5.56. The van der Waals surface area contributed by atoms with Crippen molar-refractivity contribution in [2.45, 2.75) is 38.4 Å². The third-order valence-electron chi connectivity index (χ3n) is 8.23. The molecule has 2 atom stereocenters. The van der Waals surface area contributed by atoms with Gasteiger partial charge in [-0.25, -0.2) is 13.8 Å². The van der Waals surface area contributed by atoms with Crippen molar-refractivity contribution in [3.63, 3.8) is 0 Å². The number of phenols is 1. The zero-order valence-corrected chi connectivity index (χ0v) is 24.0. The highest BCUT2D eigenvalue weighted by Gasteiger charge is 2.43. The largest absolute Gasteiger partial charge is 0.507 e. The molecule has 1 amide bonds. The maximum atomic E-state index is 16.4. The molecule has 3 aromatic rings. The van der Waals surface area contributed by atoms with Gasteiger partial charge >= 0.3 is 0 Å². The van der Waals surface area contributed by atoms with Crippen LogP contribution in [0, 0.1) is 11.6 Å². The average molecular weight is 571 g/mol. The number of phenolic OH excluding ortho intramolecular Hbond substituents is 1. The summed E-state index contributed by atoms with van der Waals surface area (Å²) in [5, 5.41) is 10.7. The number of halogens is 3. The van der Waals surface area contributed by atoms with E-state index in [0.717, 1.165) is 6.07 Å². The van der Waals surface area contributed by atoms with Crippen LogP contribution in [0.5, 0.6) is 5.75 Å². The molecule has 2 aromatic carbocycles. The first-order chi connectivity index (χ1) is 18.9. The second-order valence-electron chi connectivity index (χ2n) is 11.2. The zero-order chi connectivity index (χ0) is 29.1. The Kier molecular flexibility index (Phi) is 7.12. The van der Waals surface area contributed by atoms with Crippen LogP contribution in [0.3, 0.4) is 0 Å². The molecule has 1 aromatic heterocycles. The SMILES string of the molecule is C=CC(=O)N1C[C@H](C)N(c2nc(N3CC(C)(N(C)C)C3)nc3c(F)c(-c4c(O)cccc4F)c(Cl)cc23)C[C@H]1C. The van der Waals surface area contributed by atoms with E-state index in [9.17, 15) is 14.3 Å². The summed E-state index contributed by atoms with van der Waals surface area (Å²) in [5.74, 6) is -1.40. The summed E-state index contributed by atoms with van der Waals surface area (Å²) < 4.78 is 31.2. The third kappa shape index (κ3) is 4.53. The number of anilines is 2. The van der Waals surface area contributed by atoms with E-state index in [-0.39, 0.29) is 45.2 Å². The molecule has 2 fully saturated rings. The summed E-state index contributed by atoms with van der Waals surface area (Å²) in [5.41, 5.74) is -0.703. The van der Waals surface area contributed by atoms with Crippen molar-refractivity contribution in [2.75, 3.05) is 50.1 Å². The molecule has 3 heterocycles. The van der Waals surface area contributed by atoms with Gasteiger partial charge in [0.2, 0.25) is 11.9 Å². The first kappa shape index (κ1) is 28.0. The molecular weight excluding hydrogens is 538 g/mol. The van der Waals surface area contributed by atoms with Gasteiger partial charge in [0, 0.05) is 49.2 Å². The number of likely N-dealkylation sites (N-methyl/N-ethyl adjacent to an activating group) is 1. The van der Waals surface area contributed by atoms with E-state index in [1.807, 2.05) is 37.7 Å². The van der Waals surface area contributed by atoms with Gasteiger partial charge in [-0.2, -0.15) is 4.98 Å². The van der Waals surface area contributed by atoms with Crippen molar-refractivity contribution in [1.82, 2.24) is 19.8 Å². The molecule has 0 aliphatic carbocycles. The molecule has 5 rings (SSSR count). The molecule has 0 bridgehead atoms. The molecule has 40 heavy (non-hydrogen) atoms. The maximum absolute atomic E-state index is 16.4. The molecule has 0 spiro atoms. The highest BCUT2D eigenvalue weighted by molar-refractivity contribution is 6.34. The van der Waals surface area contributed by atoms with Crippen molar-refractivity contribution in [2.24, 2.45) is 0 Å². The second kappa shape index (κ2) is 10.2. The highest BCUT2D eigenvalue weighted by atomic mass is 35.5. The summed E-state index contributed by atoms with van der Waals surface area (Å²) >= 11 is 6.59. The van der Waals surface area contributed by atoms with Crippen molar-refractivity contribution in [3.05, 3.63) is 53.6 Å². The Morgan fingerprint density at radius 1 is 1.18 bits per heavy atom. The van der Waals surface area contributed by atoms with Crippen LogP contribution in [0.4, 0.5) is 20.5 Å². The van der Waals surface area contributed by atoms with Gasteiger partial charge in [-0.1, -0.05) is 24.2 Å². The average Bonchev–Trinajstić information content (AvgIpc) is 2.88. The second-order valence-corrected chi connectivity index (χ2v) is 11.6. The fraction of sp³-hybridized carbons (Fsp3) is 0.414. The monoisotopic (exact) mass is 570 g/mol. The molecule has 0 radical (unpaired) electrons. The van der Waals surface area contributed by atoms with E-state index in [1.54, 1.807) is 4.90 Å². The van der Waals surface area contributed by atoms with Crippen molar-refractivity contribution in [3.8, 4) is 16.9 Å². The Labute approximate surface area is 237 Å². The van der Waals surface area contributed by atoms with E-state index >= 15 is 4.39 Å². The Balaban J connectivity index is 1.69. The number of benzene rings is 2. The minimum absolute atomic E-state index is 0.0232. The molecule has 0 saturated carbocycles. The summed E-state index contributed by atoms with van der Waals surface area (Å²) in [4.78, 5) is 29.9. The molecule has 8 nitrogen and oxygen atoms in total. The number of fused-ring (bicyclic) bond motifs is 1. The lowest BCUT2D eigenvalue weighted by Gasteiger charge is -2.52. The van der Waals surface area contributed by atoms with Gasteiger partial charge in [0.05, 0.1) is 16.1 Å². The number of piperazine rings is 1. The van der Waals surface area contributed by atoms with Crippen molar-refractivity contribution < 1.29 is 18.7 Å². The van der Waals surface area contributed by atoms with Crippen LogP contribution >= 0.6 is 11.6 Å². The van der Waals surface area contributed by atoms with Crippen molar-refractivity contribution >= 4 is 40.2 Å². The number of rotatable bonds is 5. The van der Waals surface area contributed by atoms with Gasteiger partial charge in [-0.3, -0.25) is 4.79 Å². The van der Waals surface area contributed by atoms with Crippen LogP contribution in [0.25, 0.3) is 22.0 Å². The molecule has 2 aliphatic rings. The van der Waals surface area contributed by atoms with Crippen molar-refractivity contribution in [1.29, 1.82) is 0 Å². The smallest absolute Gasteiger partial charge is 0.246 e. The zero-order valence-electron chi connectivity index (χ0n) is 23.2. The van der Waals surface area contributed by atoms with Gasteiger partial charge in [-0.05, 0) is 59.1 Å². The third-order valence-corrected chi connectivity index (χ3v) is 8.53. The Bertz CT molecular complexity index is 1490. The summed E-state index contributed by atoms with van der Waals surface area (Å²) in [6, 6.07) is 4.97. The van der Waals surface area contributed by atoms with Crippen LogP contribution in [-0.4, -0.2) is 88.7 Å². The van der Waals surface area contributed by atoms with E-state index in [2.05, 4.69) is 23.4 Å². The topological polar surface area (TPSA) is 76.0 Å². The number of hydrogen-bond donors (Lipinski definition) is 1. The number of amides is 1. The lowest BCUT2D eigenvalue weighted by atomic mass is 9.91. The molecule has 0 unspecified atom stereocenters. The van der Waals surface area contributed by atoms with E-state index in [4.69, 9.17) is 16.6 Å². The lowest BCUT2D eigenvalue weighted by Crippen LogP contribution is -2.67. The number of hydrogen-bond acceptors (Lipinski definition) is 7. The summed E-state index contributed by atoms with van der Waals surface area (Å²) in [6.07, 6.45) is 1.30. The maximum Gasteiger partial charge on any atom is 0.246 e. The van der Waals surface area contributed by atoms with E-state index in [0.29, 0.717) is 43.3 Å². The number of carbonyl (C=O) groups excluding carboxylic acids is 1. The Morgan fingerprint density at radius 2 is 1.88 bits per heavy atom. The first-order valence-corrected chi connectivity index (χ1v) is 13.5. The molecule has 11 heteroatoms. The fourth-order valence-corrected chi connectivity index (χ4v) is 5.85. The van der Waals surface area contributed by atoms with Crippen LogP contribution in [0.2, 0.25) is 5.02 Å². The highest BCUT2D eigenvalue weighted by Crippen LogP contribution is 2.43. The molecule has 1 N–H and O–H groups in total. The number of carbonyl (C=O) groups is 1. The van der Waals surface area contributed by atoms with Crippen LogP contribution < -0.4 is 9.80 Å². The predicted octanol–water partition coefficient (Wildman–Crippen LogP) is 4.69. The Hall–Kier alpha value is -3.50. The van der Waals surface area contributed by atoms with Gasteiger partial charge in [-0.15, -0.1) is 0 Å². The first-order valence-electron chi connectivity index (χ1n) is 13.2. The minimum atomic E-state index is -0.843. The van der Waals surface area contributed by atoms with Crippen LogP contribution in [-0.2, 0) is 4.79 Å². The van der Waals surface area contributed by atoms with Gasteiger partial charge < -0.3 is 24.7 Å². The predicted molar refractivity (Wildman–Crippen MR) is 154 cm³/mol. The number of aromatic nitrogens is 2. The molecule has 212 valence electrons. The lowest BCUT2D eigenvalue weighted by molar-refractivity contribution is -0.128. The van der Waals surface area contributed by atoms with Crippen LogP contribution in [0.1, 0.15) is 20.8 Å². The van der Waals surface area contributed by atoms with Gasteiger partial charge in [0.15, 0.2) is 5.82 Å². The summed E-state index contributed by atoms with van der Waals surface area (Å²) in [7, 11) is 4.01. The Morgan fingerprint density at radius 3 is 2.50 bits per heavy atom. The normalized spacial score (nSPS) is 20.7. The van der Waals surface area contributed by atoms with Gasteiger partial charge in [0.1, 0.15) is 22.9 Å². The molecule has 2 aliphatic heterocycles. The minimum Gasteiger partial charge on any atom is -0.507 e. The van der Waals surface area contributed by atoms with Gasteiger partial charge in [0.25, 0.3) is 0 Å². The molecular formula is C29H33ClF2N6O2. The van der Waals surface area contributed by atoms with E-state index in [1.165, 1.54) is 24.3 Å².